The molecule has 2 amide bonds. The molecule has 2 aromatic rings. The van der Waals surface area contributed by atoms with Crippen LogP contribution in [0.3, 0.4) is 0 Å². The largest absolute Gasteiger partial charge is 0.489 e. The van der Waals surface area contributed by atoms with Crippen LogP contribution in [-0.2, 0) is 6.61 Å². The quantitative estimate of drug-likeness (QED) is 0.645. The maximum atomic E-state index is 10.4. The number of ether oxygens (including phenoxy) is 1. The molecule has 0 saturated carbocycles. The third-order valence-corrected chi connectivity index (χ3v) is 2.52. The van der Waals surface area contributed by atoms with Crippen molar-refractivity contribution in [2.24, 2.45) is 10.8 Å². The van der Waals surface area contributed by atoms with Crippen LogP contribution >= 0.6 is 0 Å². The highest BCUT2D eigenvalue weighted by Gasteiger charge is 1.96. The fraction of sp³-hybridized carbons (Fsp3) is 0.0667. The average Bonchev–Trinajstić information content (AvgIpc) is 2.47. The Balaban J connectivity index is 1.88. The van der Waals surface area contributed by atoms with Crippen molar-refractivity contribution in [2.45, 2.75) is 6.61 Å². The highest BCUT2D eigenvalue weighted by Crippen LogP contribution is 2.13. The normalized spacial score (nSPS) is 10.4. The Kier molecular flexibility index (Phi) is 4.72. The van der Waals surface area contributed by atoms with Crippen LogP contribution in [0.15, 0.2) is 59.7 Å². The Morgan fingerprint density at radius 1 is 1.15 bits per heavy atom. The number of rotatable bonds is 5. The Hall–Kier alpha value is -2.82. The Morgan fingerprint density at radius 3 is 2.50 bits per heavy atom. The first-order chi connectivity index (χ1) is 9.74. The van der Waals surface area contributed by atoms with Crippen molar-refractivity contribution in [1.82, 2.24) is 5.43 Å². The van der Waals surface area contributed by atoms with E-state index in [1.165, 1.54) is 6.21 Å². The predicted molar refractivity (Wildman–Crippen MR) is 77.5 cm³/mol. The lowest BCUT2D eigenvalue weighted by atomic mass is 10.2. The van der Waals surface area contributed by atoms with Gasteiger partial charge in [0, 0.05) is 0 Å². The lowest BCUT2D eigenvalue weighted by molar-refractivity contribution is 0.249. The van der Waals surface area contributed by atoms with Gasteiger partial charge >= 0.3 is 6.03 Å². The molecule has 3 N–H and O–H groups in total. The molecule has 0 bridgehead atoms. The zero-order valence-corrected chi connectivity index (χ0v) is 10.8. The Morgan fingerprint density at radius 2 is 1.85 bits per heavy atom. The SMILES string of the molecule is NC(=O)N/N=C/c1ccc(OCc2ccccc2)cc1. The molecule has 20 heavy (non-hydrogen) atoms. The van der Waals surface area contributed by atoms with Gasteiger partial charge in [-0.05, 0) is 35.4 Å². The number of hydrogen-bond acceptors (Lipinski definition) is 3. The minimum atomic E-state index is -0.691. The average molecular weight is 269 g/mol. The monoisotopic (exact) mass is 269 g/mol. The van der Waals surface area contributed by atoms with Crippen LogP contribution in [0.4, 0.5) is 4.79 Å². The summed E-state index contributed by atoms with van der Waals surface area (Å²) in [6.45, 7) is 0.525. The van der Waals surface area contributed by atoms with Gasteiger partial charge in [-0.25, -0.2) is 10.2 Å². The number of urea groups is 1. The van der Waals surface area contributed by atoms with Crippen molar-refractivity contribution in [3.05, 3.63) is 65.7 Å². The summed E-state index contributed by atoms with van der Waals surface area (Å²) in [4.78, 5) is 10.4. The molecule has 5 nitrogen and oxygen atoms in total. The second-order valence-corrected chi connectivity index (χ2v) is 4.08. The number of hydrogen-bond donors (Lipinski definition) is 2. The molecule has 0 heterocycles. The highest BCUT2D eigenvalue weighted by molar-refractivity contribution is 5.81. The summed E-state index contributed by atoms with van der Waals surface area (Å²) < 4.78 is 5.66. The first kappa shape index (κ1) is 13.6. The molecule has 0 fully saturated rings. The van der Waals surface area contributed by atoms with Crippen molar-refractivity contribution in [3.63, 3.8) is 0 Å². The van der Waals surface area contributed by atoms with Crippen LogP contribution in [0.1, 0.15) is 11.1 Å². The van der Waals surface area contributed by atoms with Crippen LogP contribution in [0.5, 0.6) is 5.75 Å². The molecule has 0 saturated heterocycles. The number of carbonyl (C=O) groups is 1. The fourth-order valence-electron chi connectivity index (χ4n) is 1.56. The second kappa shape index (κ2) is 6.94. The van der Waals surface area contributed by atoms with Crippen LogP contribution < -0.4 is 15.9 Å². The summed E-state index contributed by atoms with van der Waals surface area (Å²) in [5.41, 5.74) is 8.98. The molecule has 0 aliphatic carbocycles. The molecular weight excluding hydrogens is 254 g/mol. The molecule has 0 atom stereocenters. The van der Waals surface area contributed by atoms with Crippen molar-refractivity contribution in [2.75, 3.05) is 0 Å². The summed E-state index contributed by atoms with van der Waals surface area (Å²) in [7, 11) is 0. The number of carbonyl (C=O) groups excluding carboxylic acids is 1. The van der Waals surface area contributed by atoms with Crippen molar-refractivity contribution in [1.29, 1.82) is 0 Å². The molecule has 0 unspecified atom stereocenters. The van der Waals surface area contributed by atoms with Gasteiger partial charge in [-0.1, -0.05) is 30.3 Å². The molecule has 0 aliphatic heterocycles. The van der Waals surface area contributed by atoms with Gasteiger partial charge in [-0.15, -0.1) is 0 Å². The third-order valence-electron chi connectivity index (χ3n) is 2.52. The van der Waals surface area contributed by atoms with Gasteiger partial charge in [0.2, 0.25) is 0 Å². The molecule has 5 heteroatoms. The number of hydrazone groups is 1. The minimum absolute atomic E-state index is 0.525. The fourth-order valence-corrected chi connectivity index (χ4v) is 1.56. The summed E-state index contributed by atoms with van der Waals surface area (Å²) >= 11 is 0. The number of amides is 2. The molecule has 0 aromatic heterocycles. The highest BCUT2D eigenvalue weighted by atomic mass is 16.5. The predicted octanol–water partition coefficient (Wildman–Crippen LogP) is 2.27. The van der Waals surface area contributed by atoms with Gasteiger partial charge < -0.3 is 10.5 Å². The van der Waals surface area contributed by atoms with Crippen LogP contribution in [0.25, 0.3) is 0 Å². The standard InChI is InChI=1S/C15H15N3O2/c16-15(19)18-17-10-12-6-8-14(9-7-12)20-11-13-4-2-1-3-5-13/h1-10H,11H2,(H3,16,18,19)/b17-10+. The van der Waals surface area contributed by atoms with Gasteiger partial charge in [0.1, 0.15) is 12.4 Å². The number of nitrogens with one attached hydrogen (secondary N) is 1. The minimum Gasteiger partial charge on any atom is -0.489 e. The first-order valence-corrected chi connectivity index (χ1v) is 6.09. The lowest BCUT2D eigenvalue weighted by Crippen LogP contribution is -2.24. The number of benzene rings is 2. The van der Waals surface area contributed by atoms with E-state index in [0.29, 0.717) is 6.61 Å². The number of nitrogens with zero attached hydrogens (tertiary/aromatic N) is 1. The van der Waals surface area contributed by atoms with Crippen molar-refractivity contribution >= 4 is 12.2 Å². The Bertz CT molecular complexity index is 580. The van der Waals surface area contributed by atoms with Gasteiger partial charge in [0.25, 0.3) is 0 Å². The maximum absolute atomic E-state index is 10.4. The van der Waals surface area contributed by atoms with Crippen LogP contribution in [0, 0.1) is 0 Å². The molecule has 102 valence electrons. The third kappa shape index (κ3) is 4.45. The van der Waals surface area contributed by atoms with Gasteiger partial charge in [-0.2, -0.15) is 5.10 Å². The summed E-state index contributed by atoms with van der Waals surface area (Å²) in [5.74, 6) is 0.772. The van der Waals surface area contributed by atoms with Crippen LogP contribution in [-0.4, -0.2) is 12.2 Å². The number of primary amides is 1. The molecular formula is C15H15N3O2. The maximum Gasteiger partial charge on any atom is 0.332 e. The smallest absolute Gasteiger partial charge is 0.332 e. The zero-order chi connectivity index (χ0) is 14.2. The zero-order valence-electron chi connectivity index (χ0n) is 10.8. The molecule has 0 aliphatic rings. The molecule has 0 radical (unpaired) electrons. The van der Waals surface area contributed by atoms with E-state index in [2.05, 4.69) is 10.5 Å². The van der Waals surface area contributed by atoms with E-state index in [9.17, 15) is 4.79 Å². The van der Waals surface area contributed by atoms with Gasteiger partial charge in [0.15, 0.2) is 0 Å². The Labute approximate surface area is 117 Å². The molecule has 0 spiro atoms. The molecule has 2 aromatic carbocycles. The molecule has 2 rings (SSSR count). The summed E-state index contributed by atoms with van der Waals surface area (Å²) in [5, 5.41) is 3.67. The first-order valence-electron chi connectivity index (χ1n) is 6.09. The van der Waals surface area contributed by atoms with Gasteiger partial charge in [-0.3, -0.25) is 0 Å². The van der Waals surface area contributed by atoms with E-state index in [-0.39, 0.29) is 0 Å². The van der Waals surface area contributed by atoms with E-state index < -0.39 is 6.03 Å². The number of nitrogens with two attached hydrogens (primary N) is 1. The van der Waals surface area contributed by atoms with E-state index in [4.69, 9.17) is 10.5 Å². The van der Waals surface area contributed by atoms with E-state index in [0.717, 1.165) is 16.9 Å². The second-order valence-electron chi connectivity index (χ2n) is 4.08. The van der Waals surface area contributed by atoms with E-state index in [1.54, 1.807) is 0 Å². The van der Waals surface area contributed by atoms with E-state index >= 15 is 0 Å². The van der Waals surface area contributed by atoms with E-state index in [1.807, 2.05) is 54.6 Å². The summed E-state index contributed by atoms with van der Waals surface area (Å²) in [6.07, 6.45) is 1.51. The lowest BCUT2D eigenvalue weighted by Gasteiger charge is -2.06. The van der Waals surface area contributed by atoms with Crippen molar-refractivity contribution < 1.29 is 9.53 Å². The summed E-state index contributed by atoms with van der Waals surface area (Å²) in [6, 6.07) is 16.6. The van der Waals surface area contributed by atoms with Gasteiger partial charge in [0.05, 0.1) is 6.21 Å². The van der Waals surface area contributed by atoms with Crippen molar-refractivity contribution in [3.8, 4) is 5.75 Å². The van der Waals surface area contributed by atoms with Crippen LogP contribution in [0.2, 0.25) is 0 Å². The topological polar surface area (TPSA) is 76.7 Å².